The number of allylic oxidation sites excluding steroid dienone is 4. The van der Waals surface area contributed by atoms with Crippen LogP contribution in [0.3, 0.4) is 0 Å². The lowest BCUT2D eigenvalue weighted by atomic mass is 9.64. The molecule has 0 N–H and O–H groups in total. The number of carbonyl (C=O) groups excluding carboxylic acids is 1. The summed E-state index contributed by atoms with van der Waals surface area (Å²) in [4.78, 5) is 15.5. The molecule has 3 atom stereocenters. The first kappa shape index (κ1) is 14.6. The smallest absolute Gasteiger partial charge is 0.325 e. The van der Waals surface area contributed by atoms with Crippen LogP contribution in [0, 0.1) is 0 Å². The molecule has 0 unspecified atom stereocenters. The zero-order chi connectivity index (χ0) is 16.4. The highest BCUT2D eigenvalue weighted by atomic mass is 32.1. The van der Waals surface area contributed by atoms with Gasteiger partial charge in [0.2, 0.25) is 0 Å². The average Bonchev–Trinajstić information content (AvgIpc) is 3.13. The summed E-state index contributed by atoms with van der Waals surface area (Å²) < 4.78 is 20.0. The lowest BCUT2D eigenvalue weighted by molar-refractivity contribution is -0.180. The molecule has 0 radical (unpaired) electrons. The van der Waals surface area contributed by atoms with Gasteiger partial charge < -0.3 is 4.74 Å². The highest BCUT2D eigenvalue weighted by Crippen LogP contribution is 2.57. The molecule has 3 aliphatic heterocycles. The van der Waals surface area contributed by atoms with Gasteiger partial charge in [-0.25, -0.2) is 4.39 Å². The third kappa shape index (κ3) is 1.67. The minimum atomic E-state index is -0.978. The molecule has 4 aliphatic rings. The van der Waals surface area contributed by atoms with Gasteiger partial charge in [-0.05, 0) is 53.9 Å². The Hall–Kier alpha value is -1.72. The Kier molecular flexibility index (Phi) is 2.98. The van der Waals surface area contributed by atoms with E-state index in [0.717, 1.165) is 37.1 Å². The topological polar surface area (TPSA) is 29.5 Å². The van der Waals surface area contributed by atoms with E-state index in [1.54, 1.807) is 23.5 Å². The zero-order valence-electron chi connectivity index (χ0n) is 13.2. The second-order valence-electron chi connectivity index (χ2n) is 7.05. The molecule has 1 aromatic heterocycles. The van der Waals surface area contributed by atoms with Crippen molar-refractivity contribution in [3.05, 3.63) is 58.1 Å². The van der Waals surface area contributed by atoms with Crippen molar-refractivity contribution in [3.8, 4) is 0 Å². The molecule has 0 aromatic carbocycles. The molecule has 4 heterocycles. The van der Waals surface area contributed by atoms with E-state index in [-0.39, 0.29) is 17.8 Å². The minimum Gasteiger partial charge on any atom is -0.450 e. The lowest BCUT2D eigenvalue weighted by Crippen LogP contribution is -2.71. The predicted molar refractivity (Wildman–Crippen MR) is 90.4 cm³/mol. The normalized spacial score (nSPS) is 37.9. The summed E-state index contributed by atoms with van der Waals surface area (Å²) >= 11 is 1.55. The predicted octanol–water partition coefficient (Wildman–Crippen LogP) is 3.50. The van der Waals surface area contributed by atoms with Crippen molar-refractivity contribution in [2.24, 2.45) is 0 Å². The number of hydrogen-bond acceptors (Lipinski definition) is 4. The van der Waals surface area contributed by atoms with E-state index < -0.39 is 11.0 Å². The van der Waals surface area contributed by atoms with Gasteiger partial charge >= 0.3 is 5.97 Å². The van der Waals surface area contributed by atoms with Crippen LogP contribution in [-0.2, 0) is 14.9 Å². The van der Waals surface area contributed by atoms with Crippen molar-refractivity contribution in [2.75, 3.05) is 13.1 Å². The van der Waals surface area contributed by atoms with Crippen molar-refractivity contribution in [3.63, 3.8) is 0 Å². The van der Waals surface area contributed by atoms with Crippen molar-refractivity contribution in [1.82, 2.24) is 4.90 Å². The molecule has 1 aromatic rings. The Morgan fingerprint density at radius 2 is 2.25 bits per heavy atom. The van der Waals surface area contributed by atoms with Gasteiger partial charge in [0.25, 0.3) is 0 Å². The highest BCUT2D eigenvalue weighted by Gasteiger charge is 2.69. The number of nitrogens with zero attached hydrogens (tertiary/aromatic N) is 1. The first-order chi connectivity index (χ1) is 11.7. The molecular weight excluding hydrogens is 325 g/mol. The highest BCUT2D eigenvalue weighted by molar-refractivity contribution is 7.08. The summed E-state index contributed by atoms with van der Waals surface area (Å²) in [5.41, 5.74) is 0.221. The third-order valence-electron chi connectivity index (χ3n) is 5.95. The van der Waals surface area contributed by atoms with Gasteiger partial charge in [0.1, 0.15) is 11.2 Å². The molecular formula is C19H18FNO2S. The molecule has 24 heavy (non-hydrogen) atoms. The maximum absolute atomic E-state index is 14.0. The number of rotatable bonds is 1. The fraction of sp³-hybridized carbons (Fsp3) is 0.421. The molecule has 124 valence electrons. The van der Waals surface area contributed by atoms with E-state index in [1.165, 1.54) is 18.6 Å². The fourth-order valence-corrected chi connectivity index (χ4v) is 5.54. The number of fused-ring (bicyclic) bond motifs is 4. The standard InChI is InChI=1S/C19H18FNO2S/c20-14-4-5-15-18(8-6-14,13-7-10-24-11-13)17(22)23-19(15)12-21-9-2-1-3-16(19)21/h4-8,10-11,16H,1-3,9,12H2/t16-,18-,19+/m0/s1. The van der Waals surface area contributed by atoms with Crippen LogP contribution < -0.4 is 0 Å². The molecule has 5 rings (SSSR count). The minimum absolute atomic E-state index is 0.227. The second-order valence-corrected chi connectivity index (χ2v) is 7.83. The lowest BCUT2D eigenvalue weighted by Gasteiger charge is -2.57. The van der Waals surface area contributed by atoms with E-state index in [9.17, 15) is 9.18 Å². The number of hydrogen-bond donors (Lipinski definition) is 0. The maximum atomic E-state index is 14.0. The van der Waals surface area contributed by atoms with Gasteiger partial charge in [-0.3, -0.25) is 9.69 Å². The Balaban J connectivity index is 1.69. The summed E-state index contributed by atoms with van der Waals surface area (Å²) in [6.45, 7) is 1.78. The number of piperidine rings is 1. The number of carbonyl (C=O) groups is 1. The molecule has 0 saturated carbocycles. The summed E-state index contributed by atoms with van der Waals surface area (Å²) in [6, 6.07) is 2.17. The van der Waals surface area contributed by atoms with Crippen LogP contribution in [0.2, 0.25) is 0 Å². The van der Waals surface area contributed by atoms with Gasteiger partial charge in [0.15, 0.2) is 5.60 Å². The molecule has 0 amide bonds. The van der Waals surface area contributed by atoms with Crippen LogP contribution >= 0.6 is 11.3 Å². The Labute approximate surface area is 144 Å². The molecule has 3 saturated heterocycles. The quantitative estimate of drug-likeness (QED) is 0.731. The second kappa shape index (κ2) is 4.90. The first-order valence-corrected chi connectivity index (χ1v) is 9.39. The van der Waals surface area contributed by atoms with Crippen LogP contribution in [0.5, 0.6) is 0 Å². The Morgan fingerprint density at radius 1 is 1.33 bits per heavy atom. The Morgan fingerprint density at radius 3 is 3.04 bits per heavy atom. The van der Waals surface area contributed by atoms with Gasteiger partial charge in [0.05, 0.1) is 6.04 Å². The maximum Gasteiger partial charge on any atom is 0.325 e. The van der Waals surface area contributed by atoms with Crippen molar-refractivity contribution in [1.29, 1.82) is 0 Å². The number of halogens is 1. The molecule has 1 aliphatic carbocycles. The number of esters is 1. The van der Waals surface area contributed by atoms with Gasteiger partial charge in [-0.15, -0.1) is 0 Å². The van der Waals surface area contributed by atoms with Crippen LogP contribution in [0.15, 0.2) is 52.5 Å². The van der Waals surface area contributed by atoms with E-state index in [0.29, 0.717) is 0 Å². The van der Waals surface area contributed by atoms with E-state index >= 15 is 0 Å². The Bertz CT molecular complexity index is 796. The molecule has 3 fully saturated rings. The molecule has 5 heteroatoms. The third-order valence-corrected chi connectivity index (χ3v) is 6.63. The summed E-state index contributed by atoms with van der Waals surface area (Å²) in [7, 11) is 0. The van der Waals surface area contributed by atoms with Gasteiger partial charge in [0, 0.05) is 12.1 Å². The first-order valence-electron chi connectivity index (χ1n) is 8.45. The van der Waals surface area contributed by atoms with Crippen LogP contribution in [0.4, 0.5) is 4.39 Å². The number of ether oxygens (including phenoxy) is 1. The van der Waals surface area contributed by atoms with Crippen molar-refractivity contribution < 1.29 is 13.9 Å². The van der Waals surface area contributed by atoms with Crippen LogP contribution in [0.25, 0.3) is 0 Å². The number of thiophene rings is 1. The van der Waals surface area contributed by atoms with Crippen LogP contribution in [-0.4, -0.2) is 35.6 Å². The van der Waals surface area contributed by atoms with E-state index in [4.69, 9.17) is 4.74 Å². The molecule has 1 spiro atoms. The van der Waals surface area contributed by atoms with Crippen molar-refractivity contribution >= 4 is 17.3 Å². The monoisotopic (exact) mass is 343 g/mol. The molecule has 0 bridgehead atoms. The van der Waals surface area contributed by atoms with E-state index in [2.05, 4.69) is 4.90 Å². The largest absolute Gasteiger partial charge is 0.450 e. The summed E-state index contributed by atoms with van der Waals surface area (Å²) in [5, 5.41) is 3.93. The summed E-state index contributed by atoms with van der Waals surface area (Å²) in [6.07, 6.45) is 9.74. The zero-order valence-corrected chi connectivity index (χ0v) is 14.0. The van der Waals surface area contributed by atoms with Gasteiger partial charge in [-0.1, -0.05) is 18.6 Å². The average molecular weight is 343 g/mol. The SMILES string of the molecule is O=C1O[C@]2(CN3CCCC[C@H]32)C2=CC=C(F)C=C[C@@]12c1ccsc1. The summed E-state index contributed by atoms with van der Waals surface area (Å²) in [5.74, 6) is -0.592. The van der Waals surface area contributed by atoms with Crippen molar-refractivity contribution in [2.45, 2.75) is 36.3 Å². The fourth-order valence-electron chi connectivity index (χ4n) is 4.82. The molecule has 3 nitrogen and oxygen atoms in total. The van der Waals surface area contributed by atoms with Gasteiger partial charge in [-0.2, -0.15) is 11.3 Å². The van der Waals surface area contributed by atoms with E-state index in [1.807, 2.05) is 16.8 Å². The van der Waals surface area contributed by atoms with Crippen LogP contribution in [0.1, 0.15) is 24.8 Å².